The van der Waals surface area contributed by atoms with Crippen LogP contribution in [0.15, 0.2) is 24.8 Å². The first-order valence-electron chi connectivity index (χ1n) is 6.67. The molecule has 1 aromatic carbocycles. The molecule has 94 valence electrons. The average Bonchev–Trinajstić information content (AvgIpc) is 2.38. The number of carbonyl (C=O) groups is 1. The van der Waals surface area contributed by atoms with E-state index in [0.717, 1.165) is 24.2 Å². The van der Waals surface area contributed by atoms with E-state index in [1.54, 1.807) is 6.08 Å². The minimum absolute atomic E-state index is 0.0414. The van der Waals surface area contributed by atoms with Crippen molar-refractivity contribution in [1.29, 1.82) is 0 Å². The lowest BCUT2D eigenvalue weighted by Gasteiger charge is -2.37. The van der Waals surface area contributed by atoms with Gasteiger partial charge in [-0.2, -0.15) is 0 Å². The molecule has 1 saturated carbocycles. The van der Waals surface area contributed by atoms with Crippen molar-refractivity contribution in [3.8, 4) is 5.75 Å². The minimum Gasteiger partial charge on any atom is -0.426 e. The summed E-state index contributed by atoms with van der Waals surface area (Å²) in [5.41, 5.74) is 2.21. The summed E-state index contributed by atoms with van der Waals surface area (Å²) in [4.78, 5) is 12.1. The number of fused-ring (bicyclic) bond motifs is 3. The van der Waals surface area contributed by atoms with Crippen LogP contribution in [-0.4, -0.2) is 5.97 Å². The third-order valence-corrected chi connectivity index (χ3v) is 4.30. The van der Waals surface area contributed by atoms with Crippen molar-refractivity contribution in [1.82, 2.24) is 0 Å². The Balaban J connectivity index is 2.01. The Morgan fingerprint density at radius 3 is 2.94 bits per heavy atom. The van der Waals surface area contributed by atoms with Crippen molar-refractivity contribution in [3.63, 3.8) is 0 Å². The highest BCUT2D eigenvalue weighted by Crippen LogP contribution is 2.47. The number of esters is 1. The van der Waals surface area contributed by atoms with E-state index in [4.69, 9.17) is 4.74 Å². The highest BCUT2D eigenvalue weighted by molar-refractivity contribution is 5.80. The molecule has 3 unspecified atom stereocenters. The number of rotatable bonds is 1. The van der Waals surface area contributed by atoms with Crippen LogP contribution in [0.2, 0.25) is 0 Å². The molecule has 1 fully saturated rings. The third-order valence-electron chi connectivity index (χ3n) is 4.30. The summed E-state index contributed by atoms with van der Waals surface area (Å²) in [7, 11) is 0. The second-order valence-corrected chi connectivity index (χ2v) is 5.55. The van der Waals surface area contributed by atoms with Crippen LogP contribution >= 0.6 is 0 Å². The van der Waals surface area contributed by atoms with Gasteiger partial charge >= 0.3 is 5.97 Å². The van der Waals surface area contributed by atoms with Crippen molar-refractivity contribution >= 4 is 12.0 Å². The van der Waals surface area contributed by atoms with Gasteiger partial charge in [-0.15, -0.1) is 0 Å². The van der Waals surface area contributed by atoms with Gasteiger partial charge in [0.15, 0.2) is 0 Å². The largest absolute Gasteiger partial charge is 0.426 e. The van der Waals surface area contributed by atoms with Crippen molar-refractivity contribution in [3.05, 3.63) is 35.9 Å². The van der Waals surface area contributed by atoms with Crippen LogP contribution in [0.5, 0.6) is 5.75 Å². The lowest BCUT2D eigenvalue weighted by atomic mass is 9.70. The van der Waals surface area contributed by atoms with E-state index in [1.165, 1.54) is 12.0 Å². The maximum atomic E-state index is 12.1. The van der Waals surface area contributed by atoms with Gasteiger partial charge in [0, 0.05) is 5.92 Å². The summed E-state index contributed by atoms with van der Waals surface area (Å²) >= 11 is 0. The van der Waals surface area contributed by atoms with Crippen LogP contribution < -0.4 is 4.74 Å². The standard InChI is InChI=1S/C16H18O2/c1-3-11-5-7-13-12-6-4-10(2)8-14(12)16(17)18-15(13)9-11/h3,5,7,9-10,12,14H,1,4,6,8H2,2H3. The van der Waals surface area contributed by atoms with Gasteiger partial charge in [0.1, 0.15) is 5.75 Å². The molecule has 18 heavy (non-hydrogen) atoms. The average molecular weight is 242 g/mol. The summed E-state index contributed by atoms with van der Waals surface area (Å²) in [6.07, 6.45) is 5.05. The fourth-order valence-corrected chi connectivity index (χ4v) is 3.27. The molecule has 1 heterocycles. The zero-order valence-corrected chi connectivity index (χ0v) is 10.7. The number of hydrogen-bond acceptors (Lipinski definition) is 2. The first-order chi connectivity index (χ1) is 8.69. The van der Waals surface area contributed by atoms with Crippen LogP contribution in [0.3, 0.4) is 0 Å². The van der Waals surface area contributed by atoms with Gasteiger partial charge in [0.2, 0.25) is 0 Å². The highest BCUT2D eigenvalue weighted by Gasteiger charge is 2.40. The Kier molecular flexibility index (Phi) is 2.73. The minimum atomic E-state index is -0.0414. The number of carbonyl (C=O) groups excluding carboxylic acids is 1. The van der Waals surface area contributed by atoms with Crippen LogP contribution in [0.25, 0.3) is 6.08 Å². The molecule has 1 aliphatic carbocycles. The third kappa shape index (κ3) is 1.76. The second-order valence-electron chi connectivity index (χ2n) is 5.55. The summed E-state index contributed by atoms with van der Waals surface area (Å²) in [6, 6.07) is 6.08. The Morgan fingerprint density at radius 1 is 1.33 bits per heavy atom. The summed E-state index contributed by atoms with van der Waals surface area (Å²) in [5.74, 6) is 1.76. The molecule has 1 aliphatic heterocycles. The molecule has 3 atom stereocenters. The van der Waals surface area contributed by atoms with Gasteiger partial charge < -0.3 is 4.74 Å². The van der Waals surface area contributed by atoms with Crippen molar-refractivity contribution in [2.24, 2.45) is 11.8 Å². The monoisotopic (exact) mass is 242 g/mol. The molecular weight excluding hydrogens is 224 g/mol. The summed E-state index contributed by atoms with van der Waals surface area (Å²) < 4.78 is 5.51. The van der Waals surface area contributed by atoms with Gasteiger partial charge in [0.25, 0.3) is 0 Å². The molecule has 2 aliphatic rings. The predicted molar refractivity (Wildman–Crippen MR) is 71.4 cm³/mol. The van der Waals surface area contributed by atoms with Crippen LogP contribution in [-0.2, 0) is 4.79 Å². The molecule has 0 amide bonds. The molecule has 3 rings (SSSR count). The topological polar surface area (TPSA) is 26.3 Å². The van der Waals surface area contributed by atoms with Gasteiger partial charge in [-0.05, 0) is 36.0 Å². The number of ether oxygens (including phenoxy) is 1. The van der Waals surface area contributed by atoms with E-state index in [9.17, 15) is 4.79 Å². The van der Waals surface area contributed by atoms with E-state index in [2.05, 4.69) is 25.6 Å². The Hall–Kier alpha value is -1.57. The quantitative estimate of drug-likeness (QED) is 0.553. The molecule has 0 bridgehead atoms. The van der Waals surface area contributed by atoms with Crippen LogP contribution in [0, 0.1) is 11.8 Å². The zero-order valence-electron chi connectivity index (χ0n) is 10.7. The first kappa shape index (κ1) is 11.5. The molecular formula is C16H18O2. The van der Waals surface area contributed by atoms with Gasteiger partial charge in [-0.1, -0.05) is 38.1 Å². The van der Waals surface area contributed by atoms with E-state index in [-0.39, 0.29) is 11.9 Å². The summed E-state index contributed by atoms with van der Waals surface area (Å²) in [6.45, 7) is 5.97. The summed E-state index contributed by atoms with van der Waals surface area (Å²) in [5, 5.41) is 0. The van der Waals surface area contributed by atoms with E-state index in [0.29, 0.717) is 11.8 Å². The van der Waals surface area contributed by atoms with Crippen molar-refractivity contribution in [2.75, 3.05) is 0 Å². The number of benzene rings is 1. The van der Waals surface area contributed by atoms with Gasteiger partial charge in [0.05, 0.1) is 5.92 Å². The Morgan fingerprint density at radius 2 is 2.17 bits per heavy atom. The Labute approximate surface area is 108 Å². The fourth-order valence-electron chi connectivity index (χ4n) is 3.27. The smallest absolute Gasteiger partial charge is 0.314 e. The van der Waals surface area contributed by atoms with E-state index < -0.39 is 0 Å². The molecule has 0 aromatic heterocycles. The maximum Gasteiger partial charge on any atom is 0.314 e. The number of hydrogen-bond donors (Lipinski definition) is 0. The van der Waals surface area contributed by atoms with E-state index >= 15 is 0 Å². The predicted octanol–water partition coefficient (Wildman–Crippen LogP) is 3.77. The normalized spacial score (nSPS) is 30.1. The van der Waals surface area contributed by atoms with Crippen molar-refractivity contribution < 1.29 is 9.53 Å². The molecule has 0 radical (unpaired) electrons. The molecule has 1 aromatic rings. The first-order valence-corrected chi connectivity index (χ1v) is 6.67. The molecule has 2 nitrogen and oxygen atoms in total. The van der Waals surface area contributed by atoms with Gasteiger partial charge in [-0.3, -0.25) is 4.79 Å². The lowest BCUT2D eigenvalue weighted by Crippen LogP contribution is -2.35. The van der Waals surface area contributed by atoms with Crippen LogP contribution in [0.1, 0.15) is 43.2 Å². The van der Waals surface area contributed by atoms with Crippen molar-refractivity contribution in [2.45, 2.75) is 32.1 Å². The lowest BCUT2D eigenvalue weighted by molar-refractivity contribution is -0.143. The van der Waals surface area contributed by atoms with E-state index in [1.807, 2.05) is 6.07 Å². The highest BCUT2D eigenvalue weighted by atomic mass is 16.5. The Bertz CT molecular complexity index is 504. The van der Waals surface area contributed by atoms with Gasteiger partial charge in [-0.25, -0.2) is 0 Å². The molecule has 0 spiro atoms. The zero-order chi connectivity index (χ0) is 12.7. The SMILES string of the molecule is C=Cc1ccc2c(c1)OC(=O)C1CC(C)CCC21. The molecule has 2 heteroatoms. The second kappa shape index (κ2) is 4.27. The fraction of sp³-hybridized carbons (Fsp3) is 0.438. The maximum absolute atomic E-state index is 12.1. The van der Waals surface area contributed by atoms with Crippen LogP contribution in [0.4, 0.5) is 0 Å². The molecule has 0 saturated heterocycles. The molecule has 0 N–H and O–H groups in total.